The van der Waals surface area contributed by atoms with Crippen LogP contribution >= 0.6 is 0 Å². The first kappa shape index (κ1) is 13.3. The van der Waals surface area contributed by atoms with E-state index < -0.39 is 0 Å². The van der Waals surface area contributed by atoms with Crippen LogP contribution in [0.15, 0.2) is 4.99 Å². The summed E-state index contributed by atoms with van der Waals surface area (Å²) in [5.74, 6) is 6.37. The number of likely N-dealkylation sites (N-methyl/N-ethyl adjacent to an activating group) is 1. The summed E-state index contributed by atoms with van der Waals surface area (Å²) >= 11 is 0. The number of piperazine rings is 1. The average molecular weight is 227 g/mol. The van der Waals surface area contributed by atoms with Gasteiger partial charge in [0.2, 0.25) is 5.96 Å². The topological polar surface area (TPSA) is 56.9 Å². The average Bonchev–Trinajstić information content (AvgIpc) is 2.32. The molecule has 0 aromatic rings. The highest BCUT2D eigenvalue weighted by Gasteiger charge is 2.24. The van der Waals surface area contributed by atoms with Gasteiger partial charge in [-0.05, 0) is 19.9 Å². The van der Waals surface area contributed by atoms with Crippen LogP contribution in [0.4, 0.5) is 0 Å². The molecule has 1 rings (SSSR count). The zero-order valence-electron chi connectivity index (χ0n) is 10.7. The van der Waals surface area contributed by atoms with E-state index in [1.54, 1.807) is 0 Å². The van der Waals surface area contributed by atoms with Gasteiger partial charge in [0.05, 0.1) is 0 Å². The first-order valence-corrected chi connectivity index (χ1v) is 6.19. The number of nitrogens with one attached hydrogen (secondary N) is 1. The monoisotopic (exact) mass is 227 g/mol. The minimum atomic E-state index is 0.605. The molecule has 0 aromatic heterocycles. The van der Waals surface area contributed by atoms with Crippen LogP contribution < -0.4 is 11.3 Å². The number of aliphatic imine (C=N–C) groups is 1. The summed E-state index contributed by atoms with van der Waals surface area (Å²) in [5, 5.41) is 0. The zero-order valence-corrected chi connectivity index (χ0v) is 10.7. The quantitative estimate of drug-likeness (QED) is 0.314. The number of hydrogen-bond acceptors (Lipinski definition) is 3. The van der Waals surface area contributed by atoms with Gasteiger partial charge in [-0.15, -0.1) is 0 Å². The molecule has 1 saturated heterocycles. The van der Waals surface area contributed by atoms with E-state index in [1.807, 2.05) is 0 Å². The van der Waals surface area contributed by atoms with Crippen molar-refractivity contribution in [3.05, 3.63) is 0 Å². The molecule has 3 N–H and O–H groups in total. The lowest BCUT2D eigenvalue weighted by atomic mass is 10.1. The minimum Gasteiger partial charge on any atom is -0.339 e. The van der Waals surface area contributed by atoms with E-state index in [9.17, 15) is 0 Å². The van der Waals surface area contributed by atoms with Crippen LogP contribution in [0.25, 0.3) is 0 Å². The summed E-state index contributed by atoms with van der Waals surface area (Å²) in [4.78, 5) is 9.13. The third-order valence-electron chi connectivity index (χ3n) is 3.16. The van der Waals surface area contributed by atoms with Crippen molar-refractivity contribution < 1.29 is 0 Å². The maximum atomic E-state index is 5.53. The smallest absolute Gasteiger partial charge is 0.208 e. The van der Waals surface area contributed by atoms with Crippen LogP contribution in [0, 0.1) is 0 Å². The first-order chi connectivity index (χ1) is 7.72. The number of nitrogens with two attached hydrogens (primary N) is 1. The van der Waals surface area contributed by atoms with Crippen molar-refractivity contribution >= 4 is 5.96 Å². The minimum absolute atomic E-state index is 0.605. The maximum absolute atomic E-state index is 5.53. The molecule has 16 heavy (non-hydrogen) atoms. The van der Waals surface area contributed by atoms with Crippen LogP contribution in [-0.2, 0) is 0 Å². The predicted molar refractivity (Wildman–Crippen MR) is 68.2 cm³/mol. The summed E-state index contributed by atoms with van der Waals surface area (Å²) in [6, 6.07) is 0.605. The summed E-state index contributed by atoms with van der Waals surface area (Å²) in [5.41, 5.74) is 2.72. The normalized spacial score (nSPS) is 23.6. The van der Waals surface area contributed by atoms with Gasteiger partial charge in [-0.1, -0.05) is 13.8 Å². The Kier molecular flexibility index (Phi) is 5.55. The molecule has 0 radical (unpaired) electrons. The van der Waals surface area contributed by atoms with Crippen LogP contribution in [0.3, 0.4) is 0 Å². The third kappa shape index (κ3) is 3.35. The third-order valence-corrected chi connectivity index (χ3v) is 3.16. The standard InChI is InChI=1S/C11H25N5/c1-4-6-13-11(14-12)16-8-7-15(3)10(5-2)9-16/h10H,4-9,12H2,1-3H3,(H,13,14). The van der Waals surface area contributed by atoms with Gasteiger partial charge >= 0.3 is 0 Å². The highest BCUT2D eigenvalue weighted by Crippen LogP contribution is 2.10. The second-order valence-corrected chi connectivity index (χ2v) is 4.34. The molecular formula is C11H25N5. The largest absolute Gasteiger partial charge is 0.339 e. The molecule has 0 spiro atoms. The Morgan fingerprint density at radius 2 is 2.19 bits per heavy atom. The Morgan fingerprint density at radius 3 is 2.75 bits per heavy atom. The summed E-state index contributed by atoms with van der Waals surface area (Å²) < 4.78 is 0. The second-order valence-electron chi connectivity index (χ2n) is 4.34. The number of rotatable bonds is 3. The van der Waals surface area contributed by atoms with Crippen molar-refractivity contribution in [1.82, 2.24) is 15.2 Å². The molecule has 5 nitrogen and oxygen atoms in total. The van der Waals surface area contributed by atoms with Gasteiger partial charge in [0.1, 0.15) is 0 Å². The summed E-state index contributed by atoms with van der Waals surface area (Å²) in [6.45, 7) is 8.27. The van der Waals surface area contributed by atoms with E-state index in [4.69, 9.17) is 5.84 Å². The summed E-state index contributed by atoms with van der Waals surface area (Å²) in [6.07, 6.45) is 2.22. The van der Waals surface area contributed by atoms with E-state index in [1.165, 1.54) is 6.42 Å². The Labute approximate surface area is 98.7 Å². The molecule has 5 heteroatoms. The highest BCUT2D eigenvalue weighted by molar-refractivity contribution is 5.79. The lowest BCUT2D eigenvalue weighted by Gasteiger charge is -2.40. The van der Waals surface area contributed by atoms with Crippen molar-refractivity contribution in [2.75, 3.05) is 33.2 Å². The molecule has 1 aliphatic rings. The lowest BCUT2D eigenvalue weighted by Crippen LogP contribution is -2.57. The van der Waals surface area contributed by atoms with Gasteiger partial charge in [-0.2, -0.15) is 0 Å². The fourth-order valence-corrected chi connectivity index (χ4v) is 2.03. The van der Waals surface area contributed by atoms with Gasteiger partial charge in [-0.25, -0.2) is 5.84 Å². The van der Waals surface area contributed by atoms with Crippen molar-refractivity contribution in [3.63, 3.8) is 0 Å². The van der Waals surface area contributed by atoms with Crippen molar-refractivity contribution in [3.8, 4) is 0 Å². The molecule has 94 valence electrons. The van der Waals surface area contributed by atoms with E-state index in [-0.39, 0.29) is 0 Å². The molecule has 1 heterocycles. The molecular weight excluding hydrogens is 202 g/mol. The van der Waals surface area contributed by atoms with Gasteiger partial charge in [-0.3, -0.25) is 15.3 Å². The summed E-state index contributed by atoms with van der Waals surface area (Å²) in [7, 11) is 2.18. The molecule has 1 fully saturated rings. The number of hydrazine groups is 1. The van der Waals surface area contributed by atoms with E-state index in [0.29, 0.717) is 6.04 Å². The van der Waals surface area contributed by atoms with E-state index >= 15 is 0 Å². The van der Waals surface area contributed by atoms with Gasteiger partial charge in [0.25, 0.3) is 0 Å². The Hall–Kier alpha value is -0.810. The second kappa shape index (κ2) is 6.70. The van der Waals surface area contributed by atoms with Crippen LogP contribution in [-0.4, -0.2) is 55.0 Å². The fourth-order valence-electron chi connectivity index (χ4n) is 2.03. The number of guanidine groups is 1. The molecule has 1 unspecified atom stereocenters. The fraction of sp³-hybridized carbons (Fsp3) is 0.909. The molecule has 0 aliphatic carbocycles. The maximum Gasteiger partial charge on any atom is 0.208 e. The van der Waals surface area contributed by atoms with Crippen LogP contribution in [0.2, 0.25) is 0 Å². The van der Waals surface area contributed by atoms with Crippen LogP contribution in [0.5, 0.6) is 0 Å². The van der Waals surface area contributed by atoms with E-state index in [2.05, 4.69) is 41.1 Å². The highest BCUT2D eigenvalue weighted by atomic mass is 15.4. The number of nitrogens with zero attached hydrogens (tertiary/aromatic N) is 3. The number of hydrogen-bond donors (Lipinski definition) is 2. The molecule has 0 saturated carbocycles. The first-order valence-electron chi connectivity index (χ1n) is 6.19. The van der Waals surface area contributed by atoms with E-state index in [0.717, 1.165) is 38.6 Å². The lowest BCUT2D eigenvalue weighted by molar-refractivity contribution is 0.135. The molecule has 1 aliphatic heterocycles. The molecule has 0 aromatic carbocycles. The zero-order chi connectivity index (χ0) is 12.0. The Morgan fingerprint density at radius 1 is 1.44 bits per heavy atom. The van der Waals surface area contributed by atoms with Gasteiger partial charge in [0.15, 0.2) is 0 Å². The molecule has 0 amide bonds. The molecule has 0 bridgehead atoms. The van der Waals surface area contributed by atoms with Crippen molar-refractivity contribution in [2.24, 2.45) is 10.8 Å². The van der Waals surface area contributed by atoms with Crippen molar-refractivity contribution in [1.29, 1.82) is 0 Å². The predicted octanol–water partition coefficient (Wildman–Crippen LogP) is 0.242. The Balaban J connectivity index is 2.58. The van der Waals surface area contributed by atoms with Gasteiger partial charge in [0, 0.05) is 32.2 Å². The SMILES string of the molecule is CCCN=C(NN)N1CCN(C)C(CC)C1. The Bertz CT molecular complexity index is 228. The molecule has 1 atom stereocenters. The van der Waals surface area contributed by atoms with Gasteiger partial charge < -0.3 is 4.90 Å². The van der Waals surface area contributed by atoms with Crippen molar-refractivity contribution in [2.45, 2.75) is 32.7 Å². The van der Waals surface area contributed by atoms with Crippen LogP contribution in [0.1, 0.15) is 26.7 Å².